The van der Waals surface area contributed by atoms with Crippen molar-refractivity contribution < 1.29 is 8.78 Å². The van der Waals surface area contributed by atoms with Crippen LogP contribution in [0.15, 0.2) is 0 Å². The third kappa shape index (κ3) is 1.93. The molecule has 0 aromatic carbocycles. The van der Waals surface area contributed by atoms with Crippen molar-refractivity contribution in [2.75, 3.05) is 26.2 Å². The quantitative estimate of drug-likeness (QED) is 0.696. The molecule has 0 bridgehead atoms. The fourth-order valence-electron chi connectivity index (χ4n) is 1.63. The summed E-state index contributed by atoms with van der Waals surface area (Å²) in [6.45, 7) is 3.62. The molecule has 2 N–H and O–H groups in total. The minimum absolute atomic E-state index is 0.501. The summed E-state index contributed by atoms with van der Waals surface area (Å²) in [6.07, 6.45) is 0.581. The first-order chi connectivity index (χ1) is 5.60. The Kier molecular flexibility index (Phi) is 3.01. The first kappa shape index (κ1) is 9.86. The van der Waals surface area contributed by atoms with E-state index in [2.05, 4.69) is 0 Å². The lowest BCUT2D eigenvalue weighted by Crippen LogP contribution is -2.38. The van der Waals surface area contributed by atoms with E-state index in [1.807, 2.05) is 11.8 Å². The van der Waals surface area contributed by atoms with Crippen molar-refractivity contribution in [1.29, 1.82) is 0 Å². The molecule has 0 aromatic rings. The molecule has 1 aliphatic heterocycles. The van der Waals surface area contributed by atoms with Gasteiger partial charge in [0.15, 0.2) is 0 Å². The van der Waals surface area contributed by atoms with Crippen LogP contribution in [0.25, 0.3) is 0 Å². The number of nitrogens with two attached hydrogens (primary N) is 1. The van der Waals surface area contributed by atoms with Gasteiger partial charge >= 0.3 is 0 Å². The van der Waals surface area contributed by atoms with Gasteiger partial charge in [-0.05, 0) is 19.5 Å². The molecule has 1 unspecified atom stereocenters. The van der Waals surface area contributed by atoms with Crippen molar-refractivity contribution in [3.63, 3.8) is 0 Å². The SMILES string of the molecule is CCN1CCC(C(F)(F)CN)C1. The molecule has 0 aliphatic carbocycles. The molecular formula is C8H16F2N2. The van der Waals surface area contributed by atoms with Crippen LogP contribution in [0.1, 0.15) is 13.3 Å². The van der Waals surface area contributed by atoms with Crippen molar-refractivity contribution in [2.24, 2.45) is 11.7 Å². The Morgan fingerprint density at radius 3 is 2.67 bits per heavy atom. The zero-order chi connectivity index (χ0) is 9.19. The first-order valence-corrected chi connectivity index (χ1v) is 4.40. The highest BCUT2D eigenvalue weighted by Crippen LogP contribution is 2.31. The Labute approximate surface area is 71.7 Å². The van der Waals surface area contributed by atoms with Gasteiger partial charge in [-0.25, -0.2) is 8.78 Å². The van der Waals surface area contributed by atoms with Gasteiger partial charge in [-0.15, -0.1) is 0 Å². The average Bonchev–Trinajstić information content (AvgIpc) is 2.52. The van der Waals surface area contributed by atoms with Gasteiger partial charge in [0.1, 0.15) is 0 Å². The Bertz CT molecular complexity index is 150. The van der Waals surface area contributed by atoms with Crippen LogP contribution < -0.4 is 5.73 Å². The minimum Gasteiger partial charge on any atom is -0.325 e. The molecule has 0 aromatic heterocycles. The molecule has 4 heteroatoms. The first-order valence-electron chi connectivity index (χ1n) is 4.40. The third-order valence-corrected chi connectivity index (χ3v) is 2.59. The Hall–Kier alpha value is -0.220. The summed E-state index contributed by atoms with van der Waals surface area (Å²) in [5.74, 6) is -3.19. The van der Waals surface area contributed by atoms with E-state index >= 15 is 0 Å². The van der Waals surface area contributed by atoms with Crippen molar-refractivity contribution in [1.82, 2.24) is 4.90 Å². The van der Waals surface area contributed by atoms with Gasteiger partial charge in [0.05, 0.1) is 6.54 Å². The second kappa shape index (κ2) is 3.66. The van der Waals surface area contributed by atoms with Gasteiger partial charge in [0.2, 0.25) is 0 Å². The van der Waals surface area contributed by atoms with Crippen LogP contribution in [0.3, 0.4) is 0 Å². The van der Waals surface area contributed by atoms with E-state index in [9.17, 15) is 8.78 Å². The van der Waals surface area contributed by atoms with Crippen molar-refractivity contribution >= 4 is 0 Å². The Balaban J connectivity index is 2.46. The van der Waals surface area contributed by atoms with Crippen LogP contribution in [-0.4, -0.2) is 37.0 Å². The highest BCUT2D eigenvalue weighted by atomic mass is 19.3. The molecule has 1 aliphatic rings. The van der Waals surface area contributed by atoms with Crippen LogP contribution in [0.5, 0.6) is 0 Å². The summed E-state index contributed by atoms with van der Waals surface area (Å²) < 4.78 is 26.0. The van der Waals surface area contributed by atoms with E-state index in [4.69, 9.17) is 5.73 Å². The highest BCUT2D eigenvalue weighted by Gasteiger charge is 2.41. The summed E-state index contributed by atoms with van der Waals surface area (Å²) in [7, 11) is 0. The summed E-state index contributed by atoms with van der Waals surface area (Å²) in [6, 6.07) is 0. The van der Waals surface area contributed by atoms with Gasteiger partial charge in [0.25, 0.3) is 5.92 Å². The lowest BCUT2D eigenvalue weighted by molar-refractivity contribution is -0.0444. The van der Waals surface area contributed by atoms with Crippen LogP contribution in [0.2, 0.25) is 0 Å². The molecule has 1 saturated heterocycles. The molecule has 1 fully saturated rings. The Morgan fingerprint density at radius 2 is 2.25 bits per heavy atom. The molecule has 12 heavy (non-hydrogen) atoms. The predicted octanol–water partition coefficient (Wildman–Crippen LogP) is 0.922. The molecular weight excluding hydrogens is 162 g/mol. The lowest BCUT2D eigenvalue weighted by Gasteiger charge is -2.21. The van der Waals surface area contributed by atoms with Crippen molar-refractivity contribution in [2.45, 2.75) is 19.3 Å². The molecule has 1 heterocycles. The number of alkyl halides is 2. The van der Waals surface area contributed by atoms with Crippen LogP contribution in [0.4, 0.5) is 8.78 Å². The molecule has 0 spiro atoms. The van der Waals surface area contributed by atoms with Crippen LogP contribution in [-0.2, 0) is 0 Å². The van der Waals surface area contributed by atoms with Crippen LogP contribution >= 0.6 is 0 Å². The summed E-state index contributed by atoms with van der Waals surface area (Å²) in [5, 5.41) is 0. The maximum Gasteiger partial charge on any atom is 0.264 e. The maximum atomic E-state index is 13.0. The van der Waals surface area contributed by atoms with Gasteiger partial charge in [0, 0.05) is 12.5 Å². The smallest absolute Gasteiger partial charge is 0.264 e. The number of likely N-dealkylation sites (tertiary alicyclic amines) is 1. The molecule has 1 rings (SSSR count). The van der Waals surface area contributed by atoms with E-state index in [0.717, 1.165) is 13.1 Å². The van der Waals surface area contributed by atoms with Gasteiger partial charge in [-0.2, -0.15) is 0 Å². The van der Waals surface area contributed by atoms with Gasteiger partial charge in [-0.1, -0.05) is 6.92 Å². The number of hydrogen-bond donors (Lipinski definition) is 1. The molecule has 72 valence electrons. The number of hydrogen-bond acceptors (Lipinski definition) is 2. The van der Waals surface area contributed by atoms with E-state index in [1.165, 1.54) is 0 Å². The van der Waals surface area contributed by atoms with E-state index in [1.54, 1.807) is 0 Å². The number of halogens is 2. The second-order valence-corrected chi connectivity index (χ2v) is 3.34. The molecule has 1 atom stereocenters. The fourth-order valence-corrected chi connectivity index (χ4v) is 1.63. The average molecular weight is 178 g/mol. The van der Waals surface area contributed by atoms with Crippen molar-refractivity contribution in [3.05, 3.63) is 0 Å². The second-order valence-electron chi connectivity index (χ2n) is 3.34. The van der Waals surface area contributed by atoms with E-state index < -0.39 is 18.4 Å². The normalized spacial score (nSPS) is 26.5. The molecule has 0 saturated carbocycles. The summed E-state index contributed by atoms with van der Waals surface area (Å²) in [4.78, 5) is 2.04. The number of rotatable bonds is 3. The predicted molar refractivity (Wildman–Crippen MR) is 44.2 cm³/mol. The third-order valence-electron chi connectivity index (χ3n) is 2.59. The topological polar surface area (TPSA) is 29.3 Å². The molecule has 0 amide bonds. The summed E-state index contributed by atoms with van der Waals surface area (Å²) in [5.41, 5.74) is 5.00. The van der Waals surface area contributed by atoms with Gasteiger partial charge < -0.3 is 10.6 Å². The fraction of sp³-hybridized carbons (Fsp3) is 1.00. The van der Waals surface area contributed by atoms with Crippen LogP contribution in [0, 0.1) is 5.92 Å². The maximum absolute atomic E-state index is 13.0. The zero-order valence-corrected chi connectivity index (χ0v) is 7.39. The standard InChI is InChI=1S/C8H16F2N2/c1-2-12-4-3-7(5-12)8(9,10)6-11/h7H,2-6,11H2,1H3. The lowest BCUT2D eigenvalue weighted by atomic mass is 10.0. The zero-order valence-electron chi connectivity index (χ0n) is 7.39. The van der Waals surface area contributed by atoms with E-state index in [-0.39, 0.29) is 0 Å². The molecule has 0 radical (unpaired) electrons. The van der Waals surface area contributed by atoms with Crippen molar-refractivity contribution in [3.8, 4) is 0 Å². The highest BCUT2D eigenvalue weighted by molar-refractivity contribution is 4.85. The number of nitrogens with zero attached hydrogens (tertiary/aromatic N) is 1. The van der Waals surface area contributed by atoms with Gasteiger partial charge in [-0.3, -0.25) is 0 Å². The Morgan fingerprint density at radius 1 is 1.58 bits per heavy atom. The summed E-state index contributed by atoms with van der Waals surface area (Å²) >= 11 is 0. The largest absolute Gasteiger partial charge is 0.325 e. The monoisotopic (exact) mass is 178 g/mol. The minimum atomic E-state index is -2.66. The molecule has 2 nitrogen and oxygen atoms in total. The van der Waals surface area contributed by atoms with E-state index in [0.29, 0.717) is 13.0 Å².